The van der Waals surface area contributed by atoms with Crippen LogP contribution in [0.15, 0.2) is 0 Å². The number of rotatable bonds is 1. The highest BCUT2D eigenvalue weighted by atomic mass is 19.4. The highest BCUT2D eigenvalue weighted by molar-refractivity contribution is 5.84. The Labute approximate surface area is 137 Å². The summed E-state index contributed by atoms with van der Waals surface area (Å²) in [5.74, 6) is -3.20. The zero-order chi connectivity index (χ0) is 17.4. The monoisotopic (exact) mass is 350 g/mol. The van der Waals surface area contributed by atoms with Gasteiger partial charge in [0, 0.05) is 39.0 Å². The fourth-order valence-electron chi connectivity index (χ4n) is 3.65. The summed E-state index contributed by atoms with van der Waals surface area (Å²) in [5.41, 5.74) is 0. The van der Waals surface area contributed by atoms with Gasteiger partial charge in [-0.15, -0.1) is 0 Å². The maximum Gasteiger partial charge on any atom is 0.471 e. The largest absolute Gasteiger partial charge is 0.471 e. The summed E-state index contributed by atoms with van der Waals surface area (Å²) in [7, 11) is 0. The van der Waals surface area contributed by atoms with E-state index in [4.69, 9.17) is 9.47 Å². The van der Waals surface area contributed by atoms with Gasteiger partial charge in [0.05, 0.1) is 19.1 Å². The molecule has 0 radical (unpaired) electrons. The third kappa shape index (κ3) is 3.51. The number of hydrogen-bond donors (Lipinski definition) is 0. The molecule has 3 heterocycles. The van der Waals surface area contributed by atoms with Crippen LogP contribution in [0.4, 0.5) is 13.2 Å². The van der Waals surface area contributed by atoms with Gasteiger partial charge in [-0.2, -0.15) is 13.2 Å². The predicted octanol–water partition coefficient (Wildman–Crippen LogP) is 1.15. The minimum atomic E-state index is -4.89. The molecule has 0 N–H and O–H groups in total. The first-order valence-electron chi connectivity index (χ1n) is 8.24. The second-order valence-electron chi connectivity index (χ2n) is 6.52. The minimum absolute atomic E-state index is 0.0485. The van der Waals surface area contributed by atoms with Crippen molar-refractivity contribution in [2.75, 3.05) is 39.4 Å². The van der Waals surface area contributed by atoms with Crippen LogP contribution < -0.4 is 0 Å². The topological polar surface area (TPSA) is 59.1 Å². The Bertz CT molecular complexity index is 495. The van der Waals surface area contributed by atoms with E-state index in [1.807, 2.05) is 0 Å². The van der Waals surface area contributed by atoms with E-state index in [1.165, 1.54) is 0 Å². The van der Waals surface area contributed by atoms with Gasteiger partial charge < -0.3 is 19.3 Å². The lowest BCUT2D eigenvalue weighted by molar-refractivity contribution is -0.191. The Hall–Kier alpha value is -1.35. The maximum absolute atomic E-state index is 12.6. The molecule has 3 fully saturated rings. The van der Waals surface area contributed by atoms with Crippen molar-refractivity contribution in [2.45, 2.75) is 37.6 Å². The lowest BCUT2D eigenvalue weighted by Gasteiger charge is -2.40. The number of likely N-dealkylation sites (tertiary alicyclic amines) is 2. The molecule has 3 aliphatic heterocycles. The molecule has 1 spiro atoms. The van der Waals surface area contributed by atoms with Gasteiger partial charge in [-0.25, -0.2) is 0 Å². The Kier molecular flexibility index (Phi) is 4.74. The first-order chi connectivity index (χ1) is 11.3. The normalized spacial score (nSPS) is 27.5. The van der Waals surface area contributed by atoms with Crippen molar-refractivity contribution in [3.8, 4) is 0 Å². The molecule has 9 heteroatoms. The number of piperidine rings is 2. The number of ether oxygens (including phenoxy) is 2. The van der Waals surface area contributed by atoms with Crippen molar-refractivity contribution >= 4 is 11.8 Å². The van der Waals surface area contributed by atoms with Crippen molar-refractivity contribution in [1.82, 2.24) is 9.80 Å². The van der Waals surface area contributed by atoms with E-state index >= 15 is 0 Å². The van der Waals surface area contributed by atoms with Crippen molar-refractivity contribution < 1.29 is 32.2 Å². The van der Waals surface area contributed by atoms with Crippen LogP contribution in [-0.4, -0.2) is 73.0 Å². The number of amides is 2. The summed E-state index contributed by atoms with van der Waals surface area (Å²) >= 11 is 0. The number of hydrogen-bond acceptors (Lipinski definition) is 4. The van der Waals surface area contributed by atoms with Crippen molar-refractivity contribution in [3.05, 3.63) is 0 Å². The molecule has 3 rings (SSSR count). The fraction of sp³-hybridized carbons (Fsp3) is 0.867. The first-order valence-corrected chi connectivity index (χ1v) is 8.24. The number of nitrogens with zero attached hydrogens (tertiary/aromatic N) is 2. The van der Waals surface area contributed by atoms with Crippen molar-refractivity contribution in [1.29, 1.82) is 0 Å². The third-order valence-electron chi connectivity index (χ3n) is 4.95. The predicted molar refractivity (Wildman–Crippen MR) is 75.8 cm³/mol. The highest BCUT2D eigenvalue weighted by Gasteiger charge is 2.46. The van der Waals surface area contributed by atoms with Crippen LogP contribution in [0.3, 0.4) is 0 Å². The zero-order valence-electron chi connectivity index (χ0n) is 13.3. The van der Waals surface area contributed by atoms with E-state index in [9.17, 15) is 22.8 Å². The van der Waals surface area contributed by atoms with E-state index in [-0.39, 0.29) is 19.0 Å². The Morgan fingerprint density at radius 1 is 1.00 bits per heavy atom. The van der Waals surface area contributed by atoms with E-state index in [2.05, 4.69) is 0 Å². The molecule has 136 valence electrons. The quantitative estimate of drug-likeness (QED) is 0.712. The van der Waals surface area contributed by atoms with Crippen LogP contribution in [0, 0.1) is 5.92 Å². The van der Waals surface area contributed by atoms with Crippen LogP contribution in [0.5, 0.6) is 0 Å². The molecule has 0 aromatic carbocycles. The minimum Gasteiger partial charge on any atom is -0.347 e. The smallest absolute Gasteiger partial charge is 0.347 e. The van der Waals surface area contributed by atoms with Gasteiger partial charge in [-0.05, 0) is 12.8 Å². The van der Waals surface area contributed by atoms with Crippen LogP contribution in [0.25, 0.3) is 0 Å². The van der Waals surface area contributed by atoms with Gasteiger partial charge in [0.1, 0.15) is 0 Å². The first kappa shape index (κ1) is 17.5. The van der Waals surface area contributed by atoms with E-state index < -0.39 is 23.8 Å². The van der Waals surface area contributed by atoms with E-state index in [0.717, 1.165) is 4.90 Å². The van der Waals surface area contributed by atoms with Crippen molar-refractivity contribution in [2.24, 2.45) is 5.92 Å². The van der Waals surface area contributed by atoms with Gasteiger partial charge in [0.25, 0.3) is 0 Å². The van der Waals surface area contributed by atoms with Gasteiger partial charge in [-0.3, -0.25) is 9.59 Å². The summed E-state index contributed by atoms with van der Waals surface area (Å²) in [6.07, 6.45) is -2.84. The molecule has 0 bridgehead atoms. The standard InChI is InChI=1S/C15H21F3N2O4/c16-15(17,18)13(22)20-5-1-2-11(10-20)12(21)19-6-3-14(4-7-19)23-8-9-24-14/h11H,1-10H2. The van der Waals surface area contributed by atoms with Crippen LogP contribution in [0.1, 0.15) is 25.7 Å². The summed E-state index contributed by atoms with van der Waals surface area (Å²) in [4.78, 5) is 26.4. The molecular weight excluding hydrogens is 329 g/mol. The molecule has 0 aliphatic carbocycles. The lowest BCUT2D eigenvalue weighted by atomic mass is 9.94. The van der Waals surface area contributed by atoms with Gasteiger partial charge in [0.15, 0.2) is 5.79 Å². The van der Waals surface area contributed by atoms with Gasteiger partial charge >= 0.3 is 12.1 Å². The molecule has 0 saturated carbocycles. The van der Waals surface area contributed by atoms with Gasteiger partial charge in [0.2, 0.25) is 5.91 Å². The Balaban J connectivity index is 1.56. The number of carbonyl (C=O) groups is 2. The molecule has 3 aliphatic rings. The third-order valence-corrected chi connectivity index (χ3v) is 4.95. The van der Waals surface area contributed by atoms with Crippen LogP contribution >= 0.6 is 0 Å². The van der Waals surface area contributed by atoms with E-state index in [1.54, 1.807) is 4.90 Å². The maximum atomic E-state index is 12.6. The van der Waals surface area contributed by atoms with Crippen LogP contribution in [-0.2, 0) is 19.1 Å². The molecule has 6 nitrogen and oxygen atoms in total. The average molecular weight is 350 g/mol. The van der Waals surface area contributed by atoms with Gasteiger partial charge in [-0.1, -0.05) is 0 Å². The molecule has 3 saturated heterocycles. The second-order valence-corrected chi connectivity index (χ2v) is 6.52. The molecule has 0 aromatic heterocycles. The average Bonchev–Trinajstić information content (AvgIpc) is 3.01. The molecule has 1 atom stereocenters. The number of alkyl halides is 3. The highest BCUT2D eigenvalue weighted by Crippen LogP contribution is 2.32. The molecule has 2 amide bonds. The van der Waals surface area contributed by atoms with E-state index in [0.29, 0.717) is 52.0 Å². The SMILES string of the molecule is O=C(C1CCCN(C(=O)C(F)(F)F)C1)N1CCC2(CC1)OCCO2. The Morgan fingerprint density at radius 3 is 2.21 bits per heavy atom. The Morgan fingerprint density at radius 2 is 1.62 bits per heavy atom. The summed E-state index contributed by atoms with van der Waals surface area (Å²) in [6, 6.07) is 0. The molecular formula is C15H21F3N2O4. The second kappa shape index (κ2) is 6.51. The molecule has 24 heavy (non-hydrogen) atoms. The number of halogens is 3. The number of carbonyl (C=O) groups excluding carboxylic acids is 2. The van der Waals surface area contributed by atoms with Crippen LogP contribution in [0.2, 0.25) is 0 Å². The van der Waals surface area contributed by atoms with Crippen molar-refractivity contribution in [3.63, 3.8) is 0 Å². The zero-order valence-corrected chi connectivity index (χ0v) is 13.3. The lowest BCUT2D eigenvalue weighted by Crippen LogP contribution is -2.53. The molecule has 1 unspecified atom stereocenters. The summed E-state index contributed by atoms with van der Waals surface area (Å²) in [6.45, 7) is 1.90. The summed E-state index contributed by atoms with van der Waals surface area (Å²) < 4.78 is 48.9. The summed E-state index contributed by atoms with van der Waals surface area (Å²) in [5, 5.41) is 0. The molecule has 0 aromatic rings. The fourth-order valence-corrected chi connectivity index (χ4v) is 3.65.